The minimum absolute atomic E-state index is 0.203. The van der Waals surface area contributed by atoms with Crippen LogP contribution in [0.2, 0.25) is 0 Å². The number of carbonyl (C=O) groups excluding carboxylic acids is 2. The van der Waals surface area contributed by atoms with Gasteiger partial charge in [0, 0.05) is 12.2 Å². The zero-order valence-electron chi connectivity index (χ0n) is 19.4. The van der Waals surface area contributed by atoms with Gasteiger partial charge in [-0.05, 0) is 61.7 Å². The summed E-state index contributed by atoms with van der Waals surface area (Å²) in [5.41, 5.74) is 3.15. The first-order valence-electron chi connectivity index (χ1n) is 11.4. The van der Waals surface area contributed by atoms with Crippen LogP contribution in [0.25, 0.3) is 6.08 Å². The summed E-state index contributed by atoms with van der Waals surface area (Å²) >= 11 is 0. The van der Waals surface area contributed by atoms with Gasteiger partial charge in [0.25, 0.3) is 5.91 Å². The summed E-state index contributed by atoms with van der Waals surface area (Å²) < 4.78 is 11.2. The number of para-hydroxylation sites is 1. The third kappa shape index (κ3) is 5.26. The molecule has 0 saturated carbocycles. The van der Waals surface area contributed by atoms with Gasteiger partial charge in [-0.25, -0.2) is 4.79 Å². The molecule has 0 atom stereocenters. The molecule has 0 aliphatic carbocycles. The van der Waals surface area contributed by atoms with Crippen LogP contribution in [0.4, 0.5) is 0 Å². The first-order valence-corrected chi connectivity index (χ1v) is 11.4. The van der Waals surface area contributed by atoms with Crippen molar-refractivity contribution in [1.29, 1.82) is 0 Å². The molecule has 0 aromatic heterocycles. The van der Waals surface area contributed by atoms with E-state index in [0.29, 0.717) is 35.6 Å². The molecule has 1 aliphatic rings. The third-order valence-electron chi connectivity index (χ3n) is 5.61. The van der Waals surface area contributed by atoms with Crippen molar-refractivity contribution in [3.8, 4) is 11.5 Å². The maximum Gasteiger partial charge on any atom is 0.340 e. The molecule has 3 aromatic rings. The van der Waals surface area contributed by atoms with Gasteiger partial charge in [0.1, 0.15) is 11.5 Å². The van der Waals surface area contributed by atoms with Crippen LogP contribution in [0.5, 0.6) is 11.5 Å². The van der Waals surface area contributed by atoms with Crippen molar-refractivity contribution >= 4 is 18.0 Å². The minimum Gasteiger partial charge on any atom is -0.462 e. The third-order valence-corrected chi connectivity index (χ3v) is 5.61. The number of nitrogens with zero attached hydrogens (tertiary/aromatic N) is 1. The van der Waals surface area contributed by atoms with Gasteiger partial charge < -0.3 is 14.4 Å². The lowest BCUT2D eigenvalue weighted by Gasteiger charge is -2.17. The molecule has 0 unspecified atom stereocenters. The van der Waals surface area contributed by atoms with Crippen LogP contribution in [0.1, 0.15) is 25.0 Å². The molecular weight excluding hydrogens is 426 g/mol. The highest BCUT2D eigenvalue weighted by molar-refractivity contribution is 6.16. The maximum atomic E-state index is 13.4. The molecule has 1 heterocycles. The largest absolute Gasteiger partial charge is 0.462 e. The second kappa shape index (κ2) is 10.7. The standard InChI is InChI=1S/C29H27NO4/c1-3-33-29(32)27-21(2)30(18-17-22-11-6-4-7-12-22)28(31)26(27)20-23-13-10-16-25(19-23)34-24-14-8-5-9-15-24/h4-16,19-20H,3,17-18H2,1-2H3/b26-20-. The van der Waals surface area contributed by atoms with Gasteiger partial charge in [0.05, 0.1) is 17.8 Å². The van der Waals surface area contributed by atoms with Crippen molar-refractivity contribution in [3.63, 3.8) is 0 Å². The molecule has 0 bridgehead atoms. The molecule has 1 aliphatic heterocycles. The molecule has 5 heteroatoms. The van der Waals surface area contributed by atoms with Crippen LogP contribution in [0.3, 0.4) is 0 Å². The van der Waals surface area contributed by atoms with E-state index >= 15 is 0 Å². The Morgan fingerprint density at radius 2 is 1.59 bits per heavy atom. The lowest BCUT2D eigenvalue weighted by molar-refractivity contribution is -0.138. The van der Waals surface area contributed by atoms with Crippen molar-refractivity contribution in [2.24, 2.45) is 0 Å². The topological polar surface area (TPSA) is 55.8 Å². The van der Waals surface area contributed by atoms with Gasteiger partial charge in [-0.3, -0.25) is 4.79 Å². The van der Waals surface area contributed by atoms with E-state index in [1.807, 2.05) is 84.9 Å². The van der Waals surface area contributed by atoms with E-state index in [2.05, 4.69) is 0 Å². The Morgan fingerprint density at radius 3 is 2.29 bits per heavy atom. The van der Waals surface area contributed by atoms with Crippen molar-refractivity contribution in [3.05, 3.63) is 113 Å². The number of hydrogen-bond acceptors (Lipinski definition) is 4. The molecule has 3 aromatic carbocycles. The monoisotopic (exact) mass is 453 g/mol. The van der Waals surface area contributed by atoms with Crippen LogP contribution in [0, 0.1) is 0 Å². The first kappa shape index (κ1) is 23.1. The zero-order valence-corrected chi connectivity index (χ0v) is 19.4. The molecular formula is C29H27NO4. The summed E-state index contributed by atoms with van der Waals surface area (Å²) in [5.74, 6) is 0.675. The first-order chi connectivity index (χ1) is 16.6. The van der Waals surface area contributed by atoms with E-state index in [1.165, 1.54) is 0 Å². The van der Waals surface area contributed by atoms with E-state index in [0.717, 1.165) is 16.9 Å². The molecule has 0 N–H and O–H groups in total. The van der Waals surface area contributed by atoms with Crippen molar-refractivity contribution in [1.82, 2.24) is 4.90 Å². The van der Waals surface area contributed by atoms with Crippen LogP contribution >= 0.6 is 0 Å². The van der Waals surface area contributed by atoms with Crippen LogP contribution in [0.15, 0.2) is 102 Å². The van der Waals surface area contributed by atoms with E-state index in [-0.39, 0.29) is 12.5 Å². The minimum atomic E-state index is -0.487. The molecule has 1 amide bonds. The normalized spacial score (nSPS) is 14.6. The number of rotatable bonds is 8. The van der Waals surface area contributed by atoms with Crippen molar-refractivity contribution in [2.75, 3.05) is 13.2 Å². The molecule has 0 radical (unpaired) electrons. The number of benzene rings is 3. The van der Waals surface area contributed by atoms with Crippen LogP contribution < -0.4 is 4.74 Å². The Labute approximate surface area is 199 Å². The van der Waals surface area contributed by atoms with E-state index < -0.39 is 5.97 Å². The number of hydrogen-bond donors (Lipinski definition) is 0. The van der Waals surface area contributed by atoms with Gasteiger partial charge in [0.2, 0.25) is 0 Å². The SMILES string of the molecule is CCOC(=O)C1=C(C)N(CCc2ccccc2)C(=O)/C1=C\c1cccc(Oc2ccccc2)c1. The summed E-state index contributed by atoms with van der Waals surface area (Å²) in [4.78, 5) is 27.9. The fraction of sp³-hybridized carbons (Fsp3) is 0.172. The molecule has 0 spiro atoms. The molecule has 5 nitrogen and oxygen atoms in total. The van der Waals surface area contributed by atoms with Crippen LogP contribution in [-0.2, 0) is 20.7 Å². The molecule has 4 rings (SSSR count). The van der Waals surface area contributed by atoms with Gasteiger partial charge >= 0.3 is 5.97 Å². The average molecular weight is 454 g/mol. The Kier molecular flexibility index (Phi) is 7.23. The summed E-state index contributed by atoms with van der Waals surface area (Å²) in [6, 6.07) is 26.9. The molecule has 0 fully saturated rings. The summed E-state index contributed by atoms with van der Waals surface area (Å²) in [7, 11) is 0. The van der Waals surface area contributed by atoms with Gasteiger partial charge in [-0.2, -0.15) is 0 Å². The summed E-state index contributed by atoms with van der Waals surface area (Å²) in [6.07, 6.45) is 2.42. The number of ether oxygens (including phenoxy) is 2. The zero-order chi connectivity index (χ0) is 23.9. The van der Waals surface area contributed by atoms with Gasteiger partial charge in [0.15, 0.2) is 0 Å². The van der Waals surface area contributed by atoms with E-state index in [1.54, 1.807) is 24.8 Å². The Bertz CT molecular complexity index is 1230. The highest BCUT2D eigenvalue weighted by Crippen LogP contribution is 2.32. The Hall–Kier alpha value is -4.12. The maximum absolute atomic E-state index is 13.4. The second-order valence-corrected chi connectivity index (χ2v) is 7.92. The number of carbonyl (C=O) groups is 2. The molecule has 172 valence electrons. The van der Waals surface area contributed by atoms with Gasteiger partial charge in [-0.1, -0.05) is 60.7 Å². The Balaban J connectivity index is 1.63. The fourth-order valence-corrected chi connectivity index (χ4v) is 3.94. The quantitative estimate of drug-likeness (QED) is 0.320. The molecule has 0 saturated heterocycles. The Morgan fingerprint density at radius 1 is 0.912 bits per heavy atom. The number of allylic oxidation sites excluding steroid dienone is 1. The number of amides is 1. The van der Waals surface area contributed by atoms with E-state index in [4.69, 9.17) is 9.47 Å². The van der Waals surface area contributed by atoms with Crippen molar-refractivity contribution in [2.45, 2.75) is 20.3 Å². The van der Waals surface area contributed by atoms with Crippen molar-refractivity contribution < 1.29 is 19.1 Å². The van der Waals surface area contributed by atoms with Gasteiger partial charge in [-0.15, -0.1) is 0 Å². The summed E-state index contributed by atoms with van der Waals surface area (Å²) in [6.45, 7) is 4.27. The highest BCUT2D eigenvalue weighted by Gasteiger charge is 2.36. The highest BCUT2D eigenvalue weighted by atomic mass is 16.5. The lowest BCUT2D eigenvalue weighted by atomic mass is 10.0. The second-order valence-electron chi connectivity index (χ2n) is 7.92. The average Bonchev–Trinajstić information content (AvgIpc) is 3.08. The fourth-order valence-electron chi connectivity index (χ4n) is 3.94. The molecule has 34 heavy (non-hydrogen) atoms. The predicted molar refractivity (Wildman–Crippen MR) is 132 cm³/mol. The summed E-state index contributed by atoms with van der Waals surface area (Å²) in [5, 5.41) is 0. The van der Waals surface area contributed by atoms with Crippen LogP contribution in [-0.4, -0.2) is 29.9 Å². The predicted octanol–water partition coefficient (Wildman–Crippen LogP) is 5.78. The lowest BCUT2D eigenvalue weighted by Crippen LogP contribution is -2.27. The van der Waals surface area contributed by atoms with E-state index in [9.17, 15) is 9.59 Å². The number of esters is 1. The smallest absolute Gasteiger partial charge is 0.340 e.